The number of hydrogen-bond acceptors (Lipinski definition) is 3. The van der Waals surface area contributed by atoms with Gasteiger partial charge in [-0.15, -0.1) is 0 Å². The van der Waals surface area contributed by atoms with Crippen molar-refractivity contribution in [3.05, 3.63) is 0 Å². The zero-order valence-corrected chi connectivity index (χ0v) is 10.2. The van der Waals surface area contributed by atoms with E-state index >= 15 is 0 Å². The number of hydrogen-bond donors (Lipinski definition) is 1. The van der Waals surface area contributed by atoms with Crippen LogP contribution in [-0.4, -0.2) is 29.1 Å². The molecule has 1 heterocycles. The summed E-state index contributed by atoms with van der Waals surface area (Å²) in [4.78, 5) is 11.3. The molecule has 0 bridgehead atoms. The first-order chi connectivity index (χ1) is 6.11. The first-order valence-electron chi connectivity index (χ1n) is 4.66. The summed E-state index contributed by atoms with van der Waals surface area (Å²) in [5.74, 6) is 0.354. The van der Waals surface area contributed by atoms with Gasteiger partial charge in [-0.2, -0.15) is 0 Å². The highest BCUT2D eigenvalue weighted by atomic mass is 127. The Bertz CT molecular complexity index is 184. The van der Waals surface area contributed by atoms with Gasteiger partial charge in [-0.05, 0) is 19.9 Å². The fourth-order valence-electron chi connectivity index (χ4n) is 1.41. The molecule has 0 aromatic heterocycles. The molecule has 1 aliphatic heterocycles. The van der Waals surface area contributed by atoms with Crippen molar-refractivity contribution in [3.8, 4) is 0 Å². The van der Waals surface area contributed by atoms with Crippen molar-refractivity contribution in [1.82, 2.24) is 5.32 Å². The SMILES string of the molecule is CC(I)C(=O)OC1CCNCC1C. The number of nitrogens with one attached hydrogen (secondary N) is 1. The Balaban J connectivity index is 2.38. The van der Waals surface area contributed by atoms with E-state index in [1.54, 1.807) is 0 Å². The Morgan fingerprint density at radius 2 is 2.38 bits per heavy atom. The van der Waals surface area contributed by atoms with E-state index in [4.69, 9.17) is 4.74 Å². The highest BCUT2D eigenvalue weighted by Gasteiger charge is 2.25. The maximum atomic E-state index is 11.3. The maximum Gasteiger partial charge on any atom is 0.318 e. The summed E-state index contributed by atoms with van der Waals surface area (Å²) < 4.78 is 5.34. The second kappa shape index (κ2) is 5.14. The van der Waals surface area contributed by atoms with Crippen molar-refractivity contribution in [2.75, 3.05) is 13.1 Å². The summed E-state index contributed by atoms with van der Waals surface area (Å²) in [7, 11) is 0. The summed E-state index contributed by atoms with van der Waals surface area (Å²) in [5, 5.41) is 3.27. The van der Waals surface area contributed by atoms with Gasteiger partial charge >= 0.3 is 5.97 Å². The van der Waals surface area contributed by atoms with Crippen molar-refractivity contribution >= 4 is 28.6 Å². The fourth-order valence-corrected chi connectivity index (χ4v) is 1.55. The predicted molar refractivity (Wildman–Crippen MR) is 60.0 cm³/mol. The second-order valence-corrected chi connectivity index (χ2v) is 5.43. The van der Waals surface area contributed by atoms with Gasteiger partial charge in [0.1, 0.15) is 10.0 Å². The molecule has 3 unspecified atom stereocenters. The van der Waals surface area contributed by atoms with Crippen LogP contribution in [0, 0.1) is 5.92 Å². The first-order valence-corrected chi connectivity index (χ1v) is 5.91. The number of carbonyl (C=O) groups excluding carboxylic acids is 1. The molecule has 1 saturated heterocycles. The molecule has 4 heteroatoms. The lowest BCUT2D eigenvalue weighted by molar-refractivity contribution is -0.151. The number of halogens is 1. The van der Waals surface area contributed by atoms with E-state index in [-0.39, 0.29) is 16.0 Å². The van der Waals surface area contributed by atoms with E-state index in [0.29, 0.717) is 5.92 Å². The zero-order chi connectivity index (χ0) is 9.84. The third-order valence-corrected chi connectivity index (χ3v) is 2.81. The third-order valence-electron chi connectivity index (χ3n) is 2.30. The van der Waals surface area contributed by atoms with Gasteiger partial charge in [-0.25, -0.2) is 0 Å². The van der Waals surface area contributed by atoms with Crippen molar-refractivity contribution in [3.63, 3.8) is 0 Å². The summed E-state index contributed by atoms with van der Waals surface area (Å²) in [6.45, 7) is 5.88. The molecule has 0 radical (unpaired) electrons. The second-order valence-electron chi connectivity index (χ2n) is 3.56. The highest BCUT2D eigenvalue weighted by Crippen LogP contribution is 2.16. The van der Waals surface area contributed by atoms with E-state index in [0.717, 1.165) is 19.5 Å². The first kappa shape index (κ1) is 11.2. The fraction of sp³-hybridized carbons (Fsp3) is 0.889. The Kier molecular flexibility index (Phi) is 4.45. The van der Waals surface area contributed by atoms with E-state index in [2.05, 4.69) is 34.8 Å². The van der Waals surface area contributed by atoms with E-state index in [1.807, 2.05) is 6.92 Å². The molecule has 0 saturated carbocycles. The van der Waals surface area contributed by atoms with Crippen LogP contribution in [0.1, 0.15) is 20.3 Å². The minimum atomic E-state index is -0.0839. The molecule has 0 aliphatic carbocycles. The van der Waals surface area contributed by atoms with Crippen LogP contribution >= 0.6 is 22.6 Å². The standard InChI is InChI=1S/C9H16INO2/c1-6-5-11-4-3-8(6)13-9(12)7(2)10/h6-8,11H,3-5H2,1-2H3. The Hall–Kier alpha value is 0.160. The average molecular weight is 297 g/mol. The van der Waals surface area contributed by atoms with Gasteiger partial charge in [0, 0.05) is 12.5 Å². The van der Waals surface area contributed by atoms with Crippen molar-refractivity contribution in [1.29, 1.82) is 0 Å². The lowest BCUT2D eigenvalue weighted by atomic mass is 9.98. The summed E-state index contributed by atoms with van der Waals surface area (Å²) in [5.41, 5.74) is 0. The van der Waals surface area contributed by atoms with Gasteiger partial charge in [0.2, 0.25) is 0 Å². The Morgan fingerprint density at radius 3 is 2.92 bits per heavy atom. The number of alkyl halides is 1. The van der Waals surface area contributed by atoms with Gasteiger partial charge in [0.15, 0.2) is 0 Å². The van der Waals surface area contributed by atoms with Gasteiger partial charge in [0.25, 0.3) is 0 Å². The molecule has 1 N–H and O–H groups in total. The van der Waals surface area contributed by atoms with Crippen LogP contribution in [0.25, 0.3) is 0 Å². The minimum absolute atomic E-state index is 0.0420. The third kappa shape index (κ3) is 3.42. The minimum Gasteiger partial charge on any atom is -0.461 e. The van der Waals surface area contributed by atoms with Crippen LogP contribution in [-0.2, 0) is 9.53 Å². The van der Waals surface area contributed by atoms with Crippen LogP contribution in [0.3, 0.4) is 0 Å². The summed E-state index contributed by atoms with van der Waals surface area (Å²) in [6, 6.07) is 0. The molecule has 0 spiro atoms. The van der Waals surface area contributed by atoms with Crippen LogP contribution < -0.4 is 5.32 Å². The quantitative estimate of drug-likeness (QED) is 0.475. The van der Waals surface area contributed by atoms with Crippen molar-refractivity contribution in [2.45, 2.75) is 30.3 Å². The molecule has 3 nitrogen and oxygen atoms in total. The normalized spacial score (nSPS) is 31.0. The van der Waals surface area contributed by atoms with Gasteiger partial charge in [-0.1, -0.05) is 29.5 Å². The van der Waals surface area contributed by atoms with Crippen molar-refractivity contribution < 1.29 is 9.53 Å². The molecule has 76 valence electrons. The lowest BCUT2D eigenvalue weighted by Gasteiger charge is -2.29. The number of esters is 1. The van der Waals surface area contributed by atoms with E-state index in [1.165, 1.54) is 0 Å². The monoisotopic (exact) mass is 297 g/mol. The zero-order valence-electron chi connectivity index (χ0n) is 8.05. The molecular weight excluding hydrogens is 281 g/mol. The highest BCUT2D eigenvalue weighted by molar-refractivity contribution is 14.1. The van der Waals surface area contributed by atoms with Crippen LogP contribution in [0.5, 0.6) is 0 Å². The maximum absolute atomic E-state index is 11.3. The topological polar surface area (TPSA) is 38.3 Å². The molecule has 0 aromatic rings. The lowest BCUT2D eigenvalue weighted by Crippen LogP contribution is -2.41. The molecule has 0 aromatic carbocycles. The van der Waals surface area contributed by atoms with Gasteiger partial charge < -0.3 is 10.1 Å². The Morgan fingerprint density at radius 1 is 1.69 bits per heavy atom. The predicted octanol–water partition coefficient (Wildman–Crippen LogP) is 1.35. The number of carbonyl (C=O) groups is 1. The van der Waals surface area contributed by atoms with Crippen LogP contribution in [0.15, 0.2) is 0 Å². The molecule has 1 rings (SSSR count). The van der Waals surface area contributed by atoms with E-state index in [9.17, 15) is 4.79 Å². The number of piperidine rings is 1. The molecular formula is C9H16INO2. The van der Waals surface area contributed by atoms with Gasteiger partial charge in [-0.3, -0.25) is 4.79 Å². The van der Waals surface area contributed by atoms with Crippen molar-refractivity contribution in [2.24, 2.45) is 5.92 Å². The van der Waals surface area contributed by atoms with Crippen LogP contribution in [0.2, 0.25) is 0 Å². The smallest absolute Gasteiger partial charge is 0.318 e. The molecule has 3 atom stereocenters. The molecule has 13 heavy (non-hydrogen) atoms. The largest absolute Gasteiger partial charge is 0.461 e. The average Bonchev–Trinajstić information content (AvgIpc) is 2.08. The number of ether oxygens (including phenoxy) is 1. The van der Waals surface area contributed by atoms with E-state index < -0.39 is 0 Å². The molecule has 1 aliphatic rings. The summed E-state index contributed by atoms with van der Waals surface area (Å²) in [6.07, 6.45) is 1.06. The Labute approximate surface area is 92.7 Å². The van der Waals surface area contributed by atoms with Gasteiger partial charge in [0.05, 0.1) is 0 Å². The number of rotatable bonds is 2. The summed E-state index contributed by atoms with van der Waals surface area (Å²) >= 11 is 2.08. The molecule has 0 amide bonds. The molecule has 1 fully saturated rings. The van der Waals surface area contributed by atoms with Crippen LogP contribution in [0.4, 0.5) is 0 Å².